The molecular formula is C15H24N2O2. The first kappa shape index (κ1) is 15.5. The van der Waals surface area contributed by atoms with E-state index in [1.165, 1.54) is 25.7 Å². The van der Waals surface area contributed by atoms with Crippen molar-refractivity contribution >= 4 is 11.4 Å². The van der Waals surface area contributed by atoms with Crippen molar-refractivity contribution in [3.8, 4) is 0 Å². The number of anilines is 1. The van der Waals surface area contributed by atoms with Crippen LogP contribution in [0.1, 0.15) is 51.5 Å². The van der Waals surface area contributed by atoms with Crippen LogP contribution in [0.5, 0.6) is 0 Å². The molecule has 1 aromatic carbocycles. The number of nitrogens with one attached hydrogen (secondary N) is 1. The summed E-state index contributed by atoms with van der Waals surface area (Å²) in [5, 5.41) is 14.4. The predicted molar refractivity (Wildman–Crippen MR) is 79.7 cm³/mol. The van der Waals surface area contributed by atoms with E-state index in [0.29, 0.717) is 11.3 Å². The Bertz CT molecular complexity index is 419. The summed E-state index contributed by atoms with van der Waals surface area (Å²) in [5.74, 6) is 0. The van der Waals surface area contributed by atoms with Gasteiger partial charge in [0.2, 0.25) is 0 Å². The number of hydrogen-bond donors (Lipinski definition) is 1. The molecule has 1 atom stereocenters. The molecular weight excluding hydrogens is 240 g/mol. The number of unbranched alkanes of at least 4 members (excludes halogenated alkanes) is 3. The molecule has 19 heavy (non-hydrogen) atoms. The number of benzene rings is 1. The molecule has 0 aromatic heterocycles. The van der Waals surface area contributed by atoms with Crippen LogP contribution in [0.3, 0.4) is 0 Å². The van der Waals surface area contributed by atoms with E-state index in [9.17, 15) is 10.1 Å². The Morgan fingerprint density at radius 3 is 2.68 bits per heavy atom. The summed E-state index contributed by atoms with van der Waals surface area (Å²) in [7, 11) is 0. The summed E-state index contributed by atoms with van der Waals surface area (Å²) in [5.41, 5.74) is 1.53. The maximum Gasteiger partial charge on any atom is 0.295 e. The number of hydrogen-bond acceptors (Lipinski definition) is 3. The first-order valence-electron chi connectivity index (χ1n) is 7.06. The molecule has 4 nitrogen and oxygen atoms in total. The van der Waals surface area contributed by atoms with E-state index in [4.69, 9.17) is 0 Å². The fourth-order valence-electron chi connectivity index (χ4n) is 2.23. The van der Waals surface area contributed by atoms with Gasteiger partial charge < -0.3 is 5.32 Å². The molecule has 0 aliphatic heterocycles. The highest BCUT2D eigenvalue weighted by Crippen LogP contribution is 2.28. The number of nitrogens with zero attached hydrogens (tertiary/aromatic N) is 1. The first-order chi connectivity index (χ1) is 9.06. The highest BCUT2D eigenvalue weighted by atomic mass is 16.6. The average molecular weight is 264 g/mol. The lowest BCUT2D eigenvalue weighted by atomic mass is 10.1. The maximum absolute atomic E-state index is 11.1. The minimum atomic E-state index is -0.304. The van der Waals surface area contributed by atoms with Gasteiger partial charge in [-0.25, -0.2) is 0 Å². The van der Waals surface area contributed by atoms with Crippen LogP contribution in [0.2, 0.25) is 0 Å². The first-order valence-corrected chi connectivity index (χ1v) is 7.06. The molecule has 1 unspecified atom stereocenters. The fourth-order valence-corrected chi connectivity index (χ4v) is 2.23. The van der Waals surface area contributed by atoms with Crippen LogP contribution < -0.4 is 5.32 Å². The third-order valence-corrected chi connectivity index (χ3v) is 3.31. The molecule has 0 spiro atoms. The molecule has 0 saturated carbocycles. The predicted octanol–water partition coefficient (Wildman–Crippen LogP) is 4.67. The average Bonchev–Trinajstić information content (AvgIpc) is 2.34. The fraction of sp³-hybridized carbons (Fsp3) is 0.600. The lowest BCUT2D eigenvalue weighted by molar-refractivity contribution is -0.384. The number of aryl methyl sites for hydroxylation is 1. The Hall–Kier alpha value is -1.58. The van der Waals surface area contributed by atoms with Gasteiger partial charge in [-0.15, -0.1) is 0 Å². The quantitative estimate of drug-likeness (QED) is 0.421. The van der Waals surface area contributed by atoms with Crippen molar-refractivity contribution in [1.29, 1.82) is 0 Å². The van der Waals surface area contributed by atoms with E-state index in [-0.39, 0.29) is 16.7 Å². The van der Waals surface area contributed by atoms with E-state index in [2.05, 4.69) is 19.2 Å². The van der Waals surface area contributed by atoms with Crippen LogP contribution in [-0.4, -0.2) is 11.0 Å². The summed E-state index contributed by atoms with van der Waals surface area (Å²) < 4.78 is 0. The third kappa shape index (κ3) is 4.89. The van der Waals surface area contributed by atoms with Crippen molar-refractivity contribution < 1.29 is 4.92 Å². The summed E-state index contributed by atoms with van der Waals surface area (Å²) in [6.07, 6.45) is 5.94. The van der Waals surface area contributed by atoms with Crippen molar-refractivity contribution in [1.82, 2.24) is 0 Å². The maximum atomic E-state index is 11.1. The lowest BCUT2D eigenvalue weighted by Gasteiger charge is -2.15. The van der Waals surface area contributed by atoms with Gasteiger partial charge in [0.25, 0.3) is 5.69 Å². The minimum Gasteiger partial charge on any atom is -0.377 e. The third-order valence-electron chi connectivity index (χ3n) is 3.31. The zero-order valence-corrected chi connectivity index (χ0v) is 12.1. The molecule has 4 heteroatoms. The Labute approximate surface area is 115 Å². The second kappa shape index (κ2) is 7.77. The van der Waals surface area contributed by atoms with Crippen molar-refractivity contribution in [2.75, 3.05) is 5.32 Å². The number of nitro groups is 1. The zero-order chi connectivity index (χ0) is 14.3. The molecule has 0 saturated heterocycles. The molecule has 0 heterocycles. The minimum absolute atomic E-state index is 0.197. The highest BCUT2D eigenvalue weighted by molar-refractivity contribution is 5.65. The summed E-state index contributed by atoms with van der Waals surface area (Å²) in [6, 6.07) is 5.68. The van der Waals surface area contributed by atoms with Gasteiger partial charge >= 0.3 is 0 Å². The molecule has 1 aromatic rings. The Morgan fingerprint density at radius 1 is 1.32 bits per heavy atom. The highest BCUT2D eigenvalue weighted by Gasteiger charge is 2.17. The summed E-state index contributed by atoms with van der Waals surface area (Å²) in [4.78, 5) is 10.8. The van der Waals surface area contributed by atoms with E-state index < -0.39 is 0 Å². The second-order valence-corrected chi connectivity index (χ2v) is 5.12. The van der Waals surface area contributed by atoms with E-state index >= 15 is 0 Å². The number of para-hydroxylation sites is 1. The van der Waals surface area contributed by atoms with Gasteiger partial charge in [-0.3, -0.25) is 10.1 Å². The van der Waals surface area contributed by atoms with E-state index in [1.54, 1.807) is 19.1 Å². The molecule has 0 aliphatic carbocycles. The molecule has 0 fully saturated rings. The number of nitro benzene ring substituents is 1. The SMILES string of the molecule is CCCCCCC(C)Nc1cccc(C)c1[N+](=O)[O-]. The van der Waals surface area contributed by atoms with Crippen molar-refractivity contribution in [2.24, 2.45) is 0 Å². The van der Waals surface area contributed by atoms with Crippen molar-refractivity contribution in [3.63, 3.8) is 0 Å². The monoisotopic (exact) mass is 264 g/mol. The van der Waals surface area contributed by atoms with Crippen molar-refractivity contribution in [3.05, 3.63) is 33.9 Å². The van der Waals surface area contributed by atoms with Crippen LogP contribution >= 0.6 is 0 Å². The molecule has 0 bridgehead atoms. The Morgan fingerprint density at radius 2 is 2.05 bits per heavy atom. The molecule has 0 radical (unpaired) electrons. The van der Waals surface area contributed by atoms with Crippen LogP contribution in [0.25, 0.3) is 0 Å². The van der Waals surface area contributed by atoms with Crippen LogP contribution in [0.15, 0.2) is 18.2 Å². The summed E-state index contributed by atoms with van der Waals surface area (Å²) in [6.45, 7) is 6.05. The Kier molecular flexibility index (Phi) is 6.33. The summed E-state index contributed by atoms with van der Waals surface area (Å²) >= 11 is 0. The van der Waals surface area contributed by atoms with Crippen LogP contribution in [-0.2, 0) is 0 Å². The van der Waals surface area contributed by atoms with Gasteiger partial charge in [0, 0.05) is 11.6 Å². The van der Waals surface area contributed by atoms with E-state index in [0.717, 1.165) is 6.42 Å². The Balaban J connectivity index is 2.61. The molecule has 0 aliphatic rings. The largest absolute Gasteiger partial charge is 0.377 e. The molecule has 0 amide bonds. The molecule has 1 N–H and O–H groups in total. The second-order valence-electron chi connectivity index (χ2n) is 5.12. The normalized spacial score (nSPS) is 12.2. The van der Waals surface area contributed by atoms with Crippen molar-refractivity contribution in [2.45, 2.75) is 58.9 Å². The van der Waals surface area contributed by atoms with Gasteiger partial charge in [-0.05, 0) is 26.3 Å². The lowest BCUT2D eigenvalue weighted by Crippen LogP contribution is -2.16. The van der Waals surface area contributed by atoms with Crippen LogP contribution in [0, 0.1) is 17.0 Å². The van der Waals surface area contributed by atoms with Gasteiger partial charge in [0.15, 0.2) is 0 Å². The van der Waals surface area contributed by atoms with Crippen LogP contribution in [0.4, 0.5) is 11.4 Å². The number of rotatable bonds is 8. The van der Waals surface area contributed by atoms with E-state index in [1.807, 2.05) is 6.07 Å². The molecule has 1 rings (SSSR count). The zero-order valence-electron chi connectivity index (χ0n) is 12.1. The van der Waals surface area contributed by atoms with Gasteiger partial charge in [0.05, 0.1) is 4.92 Å². The standard InChI is InChI=1S/C15H24N2O2/c1-4-5-6-7-10-13(3)16-14-11-8-9-12(2)15(14)17(18)19/h8-9,11,13,16H,4-7,10H2,1-3H3. The molecule has 106 valence electrons. The van der Waals surface area contributed by atoms with Gasteiger partial charge in [0.1, 0.15) is 5.69 Å². The van der Waals surface area contributed by atoms with Gasteiger partial charge in [-0.1, -0.05) is 44.7 Å². The van der Waals surface area contributed by atoms with Gasteiger partial charge in [-0.2, -0.15) is 0 Å². The topological polar surface area (TPSA) is 55.2 Å². The smallest absolute Gasteiger partial charge is 0.295 e.